The van der Waals surface area contributed by atoms with Crippen molar-refractivity contribution in [2.24, 2.45) is 0 Å². The number of methoxy groups -OCH3 is 1. The molecule has 0 atom stereocenters. The number of halogens is 1. The molecule has 2 aromatic rings. The molecule has 1 aromatic heterocycles. The van der Waals surface area contributed by atoms with Crippen molar-refractivity contribution in [3.05, 3.63) is 17.9 Å². The van der Waals surface area contributed by atoms with Gasteiger partial charge in [0.15, 0.2) is 11.6 Å². The number of fused-ring (bicyclic) bond motifs is 1. The van der Waals surface area contributed by atoms with Gasteiger partial charge in [-0.25, -0.2) is 9.37 Å². The zero-order valence-electron chi connectivity index (χ0n) is 11.1. The Balaban J connectivity index is 2.29. The smallest absolute Gasteiger partial charge is 0.201 e. The fraction of sp³-hybridized carbons (Fsp3) is 0.462. The largest absolute Gasteiger partial charge is 0.494 e. The summed E-state index contributed by atoms with van der Waals surface area (Å²) in [6.07, 6.45) is 0.823. The molecule has 1 aromatic carbocycles. The van der Waals surface area contributed by atoms with Gasteiger partial charge in [0.05, 0.1) is 18.1 Å². The van der Waals surface area contributed by atoms with Gasteiger partial charge in [-0.3, -0.25) is 0 Å². The molecule has 0 unspecified atom stereocenters. The number of aryl methyl sites for hydroxylation is 1. The number of imidazole rings is 1. The van der Waals surface area contributed by atoms with Crippen LogP contribution in [-0.2, 0) is 11.3 Å². The molecule has 2 N–H and O–H groups in total. The summed E-state index contributed by atoms with van der Waals surface area (Å²) >= 11 is 0. The van der Waals surface area contributed by atoms with E-state index in [9.17, 15) is 4.39 Å². The van der Waals surface area contributed by atoms with Crippen LogP contribution in [0.2, 0.25) is 0 Å². The molecular weight excluding hydrogens is 249 g/mol. The summed E-state index contributed by atoms with van der Waals surface area (Å²) in [5, 5.41) is 0. The van der Waals surface area contributed by atoms with Crippen LogP contribution < -0.4 is 10.5 Å². The monoisotopic (exact) mass is 267 g/mol. The van der Waals surface area contributed by atoms with Gasteiger partial charge in [0.1, 0.15) is 0 Å². The molecular formula is C13H18FN3O2. The lowest BCUT2D eigenvalue weighted by Gasteiger charge is -2.07. The highest BCUT2D eigenvalue weighted by Gasteiger charge is 2.12. The fourth-order valence-electron chi connectivity index (χ4n) is 2.01. The summed E-state index contributed by atoms with van der Waals surface area (Å²) in [5.41, 5.74) is 7.16. The Morgan fingerprint density at radius 3 is 2.89 bits per heavy atom. The molecule has 0 aliphatic rings. The van der Waals surface area contributed by atoms with Crippen LogP contribution in [0, 0.1) is 5.82 Å². The van der Waals surface area contributed by atoms with Crippen LogP contribution in [-0.4, -0.2) is 29.9 Å². The lowest BCUT2D eigenvalue weighted by molar-refractivity contribution is 0.142. The number of ether oxygens (including phenoxy) is 2. The minimum absolute atomic E-state index is 0.193. The second kappa shape index (κ2) is 5.88. The maximum Gasteiger partial charge on any atom is 0.201 e. The number of hydrogen-bond acceptors (Lipinski definition) is 4. The van der Waals surface area contributed by atoms with E-state index < -0.39 is 5.82 Å². The average Bonchev–Trinajstić information content (AvgIpc) is 2.69. The van der Waals surface area contributed by atoms with E-state index in [2.05, 4.69) is 4.98 Å². The van der Waals surface area contributed by atoms with Crippen LogP contribution in [0.4, 0.5) is 10.3 Å². The first-order chi connectivity index (χ1) is 9.17. The van der Waals surface area contributed by atoms with Gasteiger partial charge in [0.2, 0.25) is 5.95 Å². The number of nitrogen functional groups attached to an aromatic ring is 1. The van der Waals surface area contributed by atoms with E-state index in [1.807, 2.05) is 11.5 Å². The first-order valence-corrected chi connectivity index (χ1v) is 6.24. The van der Waals surface area contributed by atoms with E-state index in [-0.39, 0.29) is 5.75 Å². The van der Waals surface area contributed by atoms with E-state index in [0.717, 1.165) is 11.9 Å². The predicted molar refractivity (Wildman–Crippen MR) is 71.8 cm³/mol. The van der Waals surface area contributed by atoms with Gasteiger partial charge in [0, 0.05) is 31.9 Å². The molecule has 0 saturated carbocycles. The SMILES string of the molecule is CCOCCCn1c(N)nc2cc(F)c(OC)cc21. The number of hydrogen-bond donors (Lipinski definition) is 1. The van der Waals surface area contributed by atoms with E-state index in [1.54, 1.807) is 6.07 Å². The van der Waals surface area contributed by atoms with Gasteiger partial charge in [-0.05, 0) is 13.3 Å². The first kappa shape index (κ1) is 13.6. The van der Waals surface area contributed by atoms with Crippen molar-refractivity contribution < 1.29 is 13.9 Å². The van der Waals surface area contributed by atoms with Crippen molar-refractivity contribution >= 4 is 17.0 Å². The van der Waals surface area contributed by atoms with E-state index >= 15 is 0 Å². The maximum absolute atomic E-state index is 13.6. The van der Waals surface area contributed by atoms with Crippen LogP contribution in [0.5, 0.6) is 5.75 Å². The van der Waals surface area contributed by atoms with Gasteiger partial charge >= 0.3 is 0 Å². The first-order valence-electron chi connectivity index (χ1n) is 6.24. The van der Waals surface area contributed by atoms with Gasteiger partial charge in [0.25, 0.3) is 0 Å². The highest BCUT2D eigenvalue weighted by Crippen LogP contribution is 2.26. The van der Waals surface area contributed by atoms with E-state index in [1.165, 1.54) is 13.2 Å². The Bertz CT molecular complexity index is 569. The van der Waals surface area contributed by atoms with Gasteiger partial charge < -0.3 is 19.8 Å². The number of nitrogens with zero attached hydrogens (tertiary/aromatic N) is 2. The van der Waals surface area contributed by atoms with Crippen molar-refractivity contribution in [3.63, 3.8) is 0 Å². The number of nitrogens with two attached hydrogens (primary N) is 1. The Labute approximate surface area is 111 Å². The number of aromatic nitrogens is 2. The lowest BCUT2D eigenvalue weighted by atomic mass is 10.2. The van der Waals surface area contributed by atoms with Gasteiger partial charge in [-0.1, -0.05) is 0 Å². The highest BCUT2D eigenvalue weighted by atomic mass is 19.1. The standard InChI is InChI=1S/C13H18FN3O2/c1-3-19-6-4-5-17-11-8-12(18-2)9(14)7-10(11)16-13(17)15/h7-8H,3-6H2,1-2H3,(H2,15,16). The molecule has 0 saturated heterocycles. The molecule has 0 amide bonds. The molecule has 0 aliphatic carbocycles. The second-order valence-corrected chi connectivity index (χ2v) is 4.15. The van der Waals surface area contributed by atoms with Gasteiger partial charge in [-0.15, -0.1) is 0 Å². The summed E-state index contributed by atoms with van der Waals surface area (Å²) in [7, 11) is 1.43. The third kappa shape index (κ3) is 2.78. The van der Waals surface area contributed by atoms with Crippen LogP contribution in [0.15, 0.2) is 12.1 Å². The van der Waals surface area contributed by atoms with Crippen molar-refractivity contribution in [1.82, 2.24) is 9.55 Å². The van der Waals surface area contributed by atoms with Crippen molar-refractivity contribution in [2.75, 3.05) is 26.1 Å². The highest BCUT2D eigenvalue weighted by molar-refractivity contribution is 5.80. The van der Waals surface area contributed by atoms with Crippen LogP contribution in [0.25, 0.3) is 11.0 Å². The Morgan fingerprint density at radius 2 is 2.21 bits per heavy atom. The molecule has 0 aliphatic heterocycles. The summed E-state index contributed by atoms with van der Waals surface area (Å²) < 4.78 is 25.7. The average molecular weight is 267 g/mol. The molecule has 2 rings (SSSR count). The molecule has 1 heterocycles. The van der Waals surface area contributed by atoms with Crippen LogP contribution in [0.3, 0.4) is 0 Å². The summed E-state index contributed by atoms with van der Waals surface area (Å²) in [6, 6.07) is 2.96. The summed E-state index contributed by atoms with van der Waals surface area (Å²) in [6.45, 7) is 3.98. The molecule has 104 valence electrons. The summed E-state index contributed by atoms with van der Waals surface area (Å²) in [5.74, 6) is 0.131. The second-order valence-electron chi connectivity index (χ2n) is 4.15. The number of benzene rings is 1. The minimum atomic E-state index is -0.436. The predicted octanol–water partition coefficient (Wildman–Crippen LogP) is 2.19. The molecule has 0 radical (unpaired) electrons. The normalized spacial score (nSPS) is 11.1. The Kier molecular flexibility index (Phi) is 4.21. The molecule has 0 fully saturated rings. The Hall–Kier alpha value is -1.82. The molecule has 19 heavy (non-hydrogen) atoms. The zero-order valence-corrected chi connectivity index (χ0v) is 11.1. The van der Waals surface area contributed by atoms with Crippen molar-refractivity contribution in [3.8, 4) is 5.75 Å². The van der Waals surface area contributed by atoms with Crippen molar-refractivity contribution in [1.29, 1.82) is 0 Å². The zero-order chi connectivity index (χ0) is 13.8. The molecule has 5 nitrogen and oxygen atoms in total. The van der Waals surface area contributed by atoms with E-state index in [4.69, 9.17) is 15.2 Å². The number of rotatable bonds is 6. The van der Waals surface area contributed by atoms with Crippen LogP contribution in [0.1, 0.15) is 13.3 Å². The third-order valence-electron chi connectivity index (χ3n) is 2.93. The fourth-order valence-corrected chi connectivity index (χ4v) is 2.01. The van der Waals surface area contributed by atoms with Crippen LogP contribution >= 0.6 is 0 Å². The third-order valence-corrected chi connectivity index (χ3v) is 2.93. The maximum atomic E-state index is 13.6. The number of anilines is 1. The lowest BCUT2D eigenvalue weighted by Crippen LogP contribution is -2.06. The quantitative estimate of drug-likeness (QED) is 0.815. The summed E-state index contributed by atoms with van der Waals surface area (Å²) in [4.78, 5) is 4.15. The topological polar surface area (TPSA) is 62.3 Å². The van der Waals surface area contributed by atoms with Gasteiger partial charge in [-0.2, -0.15) is 0 Å². The molecule has 6 heteroatoms. The van der Waals surface area contributed by atoms with Crippen molar-refractivity contribution in [2.45, 2.75) is 19.9 Å². The Morgan fingerprint density at radius 1 is 1.42 bits per heavy atom. The van der Waals surface area contributed by atoms with E-state index in [0.29, 0.717) is 31.2 Å². The minimum Gasteiger partial charge on any atom is -0.494 e. The molecule has 0 bridgehead atoms. The molecule has 0 spiro atoms.